The second kappa shape index (κ2) is 8.97. The minimum absolute atomic E-state index is 0.0311. The smallest absolute Gasteiger partial charge is 0.255 e. The van der Waals surface area contributed by atoms with Crippen LogP contribution in [0.2, 0.25) is 5.02 Å². The summed E-state index contributed by atoms with van der Waals surface area (Å²) in [5.74, 6) is 0.832. The Bertz CT molecular complexity index is 903. The second-order valence-electron chi connectivity index (χ2n) is 7.25. The zero-order valence-electron chi connectivity index (χ0n) is 16.0. The number of amides is 1. The van der Waals surface area contributed by atoms with Gasteiger partial charge in [-0.1, -0.05) is 11.6 Å². The molecule has 0 radical (unpaired) electrons. The van der Waals surface area contributed by atoms with E-state index in [9.17, 15) is 9.18 Å². The minimum atomic E-state index is -0.315. The Labute approximate surface area is 174 Å². The Kier molecular flexibility index (Phi) is 6.16. The van der Waals surface area contributed by atoms with Gasteiger partial charge >= 0.3 is 0 Å². The Morgan fingerprint density at radius 3 is 2.86 bits per heavy atom. The van der Waals surface area contributed by atoms with E-state index >= 15 is 0 Å². The Morgan fingerprint density at radius 2 is 2.07 bits per heavy atom. The topological polar surface area (TPSA) is 63.7 Å². The first kappa shape index (κ1) is 19.9. The second-order valence-corrected chi connectivity index (χ2v) is 7.66. The van der Waals surface area contributed by atoms with Crippen LogP contribution in [0.1, 0.15) is 40.7 Å². The van der Waals surface area contributed by atoms with Crippen molar-refractivity contribution >= 4 is 23.3 Å². The molecule has 6 nitrogen and oxygen atoms in total. The quantitative estimate of drug-likeness (QED) is 0.793. The molecular weight excluding hydrogens is 397 g/mol. The molecule has 0 bridgehead atoms. The summed E-state index contributed by atoms with van der Waals surface area (Å²) in [6.45, 7) is 2.56. The summed E-state index contributed by atoms with van der Waals surface area (Å²) in [5, 5.41) is 3.54. The number of hydrogen-bond acceptors (Lipinski definition) is 5. The Morgan fingerprint density at radius 1 is 1.24 bits per heavy atom. The van der Waals surface area contributed by atoms with Gasteiger partial charge in [-0.3, -0.25) is 4.79 Å². The fraction of sp³-hybridized carbons (Fsp3) is 0.429. The first-order valence-electron chi connectivity index (χ1n) is 9.82. The van der Waals surface area contributed by atoms with E-state index in [-0.39, 0.29) is 18.5 Å². The monoisotopic (exact) mass is 419 g/mol. The van der Waals surface area contributed by atoms with Gasteiger partial charge in [0.25, 0.3) is 5.91 Å². The maximum absolute atomic E-state index is 13.8. The van der Waals surface area contributed by atoms with Gasteiger partial charge in [-0.05, 0) is 49.4 Å². The number of aromatic nitrogens is 1. The third kappa shape index (κ3) is 4.62. The van der Waals surface area contributed by atoms with E-state index in [1.807, 2.05) is 4.90 Å². The number of nitrogens with one attached hydrogen (secondary N) is 1. The lowest BCUT2D eigenvalue weighted by molar-refractivity contribution is -0.0172. The molecule has 1 N–H and O–H groups in total. The van der Waals surface area contributed by atoms with Gasteiger partial charge in [0, 0.05) is 31.4 Å². The Hall–Kier alpha value is -2.38. The highest BCUT2D eigenvalue weighted by atomic mass is 35.5. The lowest BCUT2D eigenvalue weighted by Crippen LogP contribution is -2.35. The van der Waals surface area contributed by atoms with E-state index in [4.69, 9.17) is 21.1 Å². The van der Waals surface area contributed by atoms with Crippen molar-refractivity contribution in [1.82, 2.24) is 9.88 Å². The van der Waals surface area contributed by atoms with Gasteiger partial charge in [0.2, 0.25) is 0 Å². The van der Waals surface area contributed by atoms with E-state index in [0.29, 0.717) is 47.3 Å². The molecule has 29 heavy (non-hydrogen) atoms. The number of likely N-dealkylation sites (tertiary alicyclic amines) is 1. The summed E-state index contributed by atoms with van der Waals surface area (Å²) in [5.41, 5.74) is 1.97. The number of nitrogens with zero attached hydrogens (tertiary/aromatic N) is 2. The van der Waals surface area contributed by atoms with Crippen LogP contribution >= 0.6 is 11.6 Å². The van der Waals surface area contributed by atoms with Crippen molar-refractivity contribution in [2.24, 2.45) is 0 Å². The van der Waals surface area contributed by atoms with Crippen molar-refractivity contribution < 1.29 is 18.7 Å². The van der Waals surface area contributed by atoms with Crippen LogP contribution < -0.4 is 10.1 Å². The van der Waals surface area contributed by atoms with Crippen molar-refractivity contribution in [3.05, 3.63) is 51.9 Å². The summed E-state index contributed by atoms with van der Waals surface area (Å²) in [6.07, 6.45) is 5.32. The maximum Gasteiger partial charge on any atom is 0.255 e. The van der Waals surface area contributed by atoms with E-state index < -0.39 is 0 Å². The zero-order chi connectivity index (χ0) is 20.2. The molecule has 1 fully saturated rings. The summed E-state index contributed by atoms with van der Waals surface area (Å²) in [7, 11) is 0. The van der Waals surface area contributed by atoms with E-state index in [0.717, 1.165) is 37.9 Å². The first-order chi connectivity index (χ1) is 14.1. The molecule has 1 aromatic heterocycles. The van der Waals surface area contributed by atoms with Crippen LogP contribution in [0.5, 0.6) is 5.75 Å². The normalized spacial score (nSPS) is 16.1. The molecule has 8 heteroatoms. The molecule has 0 aliphatic carbocycles. The van der Waals surface area contributed by atoms with Crippen LogP contribution in [-0.2, 0) is 17.8 Å². The summed E-state index contributed by atoms with van der Waals surface area (Å²) in [4.78, 5) is 18.7. The minimum Gasteiger partial charge on any atom is -0.467 e. The lowest BCUT2D eigenvalue weighted by Gasteiger charge is -2.26. The molecule has 0 atom stereocenters. The third-order valence-corrected chi connectivity index (χ3v) is 5.46. The molecular formula is C21H23ClFN3O3. The largest absolute Gasteiger partial charge is 0.467 e. The number of fused-ring (bicyclic) bond motifs is 1. The highest BCUT2D eigenvalue weighted by Gasteiger charge is 2.20. The number of rotatable bonds is 5. The van der Waals surface area contributed by atoms with Crippen LogP contribution in [0.4, 0.5) is 10.2 Å². The molecule has 2 aliphatic rings. The average Bonchev–Trinajstić information content (AvgIpc) is 2.74. The number of halogens is 2. The predicted octanol–water partition coefficient (Wildman–Crippen LogP) is 4.02. The number of pyridine rings is 1. The van der Waals surface area contributed by atoms with E-state index in [1.165, 1.54) is 12.1 Å². The number of carbonyl (C=O) groups excluding carboxylic acids is 1. The Balaban J connectivity index is 1.39. The van der Waals surface area contributed by atoms with Crippen LogP contribution in [0.15, 0.2) is 24.4 Å². The third-order valence-electron chi connectivity index (χ3n) is 5.17. The number of ether oxygens (including phenoxy) is 2. The van der Waals surface area contributed by atoms with Gasteiger partial charge in [-0.25, -0.2) is 9.37 Å². The standard InChI is InChI=1S/C21H23ClFN3O3/c22-18-10-15(21(27)26-6-2-1-3-7-26)11-25-20(18)24-5-4-14-8-17(23)9-16-12-28-13-29-19(14)16/h8-11H,1-7,12-13H2,(H,24,25). The number of benzene rings is 1. The molecule has 1 amide bonds. The average molecular weight is 420 g/mol. The zero-order valence-corrected chi connectivity index (χ0v) is 16.8. The molecule has 2 aliphatic heterocycles. The highest BCUT2D eigenvalue weighted by Crippen LogP contribution is 2.30. The summed E-state index contributed by atoms with van der Waals surface area (Å²) >= 11 is 6.34. The van der Waals surface area contributed by atoms with Crippen LogP contribution in [0.3, 0.4) is 0 Å². The first-order valence-corrected chi connectivity index (χ1v) is 10.2. The van der Waals surface area contributed by atoms with Crippen LogP contribution in [-0.4, -0.2) is 42.2 Å². The van der Waals surface area contributed by atoms with Crippen molar-refractivity contribution in [2.75, 3.05) is 31.7 Å². The molecule has 2 aromatic rings. The number of hydrogen-bond donors (Lipinski definition) is 1. The van der Waals surface area contributed by atoms with Crippen LogP contribution in [0, 0.1) is 5.82 Å². The SMILES string of the molecule is O=C(c1cnc(NCCc2cc(F)cc3c2OCOC3)c(Cl)c1)N1CCCCC1. The fourth-order valence-corrected chi connectivity index (χ4v) is 3.96. The predicted molar refractivity (Wildman–Crippen MR) is 108 cm³/mol. The van der Waals surface area contributed by atoms with Crippen molar-refractivity contribution in [3.63, 3.8) is 0 Å². The van der Waals surface area contributed by atoms with Gasteiger partial charge in [0.15, 0.2) is 6.79 Å². The van der Waals surface area contributed by atoms with Gasteiger partial charge < -0.3 is 19.7 Å². The summed E-state index contributed by atoms with van der Waals surface area (Å²) < 4.78 is 24.6. The van der Waals surface area contributed by atoms with Crippen molar-refractivity contribution in [1.29, 1.82) is 0 Å². The van der Waals surface area contributed by atoms with Gasteiger partial charge in [-0.15, -0.1) is 0 Å². The van der Waals surface area contributed by atoms with E-state index in [2.05, 4.69) is 10.3 Å². The van der Waals surface area contributed by atoms with Gasteiger partial charge in [0.05, 0.1) is 17.2 Å². The molecule has 0 unspecified atom stereocenters. The fourth-order valence-electron chi connectivity index (χ4n) is 3.72. The number of piperidine rings is 1. The number of carbonyl (C=O) groups is 1. The molecule has 0 saturated carbocycles. The molecule has 4 rings (SSSR count). The maximum atomic E-state index is 13.8. The van der Waals surface area contributed by atoms with Gasteiger partial charge in [-0.2, -0.15) is 0 Å². The van der Waals surface area contributed by atoms with Crippen molar-refractivity contribution in [2.45, 2.75) is 32.3 Å². The lowest BCUT2D eigenvalue weighted by atomic mass is 10.1. The van der Waals surface area contributed by atoms with E-state index in [1.54, 1.807) is 12.3 Å². The van der Waals surface area contributed by atoms with Crippen LogP contribution in [0.25, 0.3) is 0 Å². The van der Waals surface area contributed by atoms with Gasteiger partial charge in [0.1, 0.15) is 17.4 Å². The molecule has 1 saturated heterocycles. The summed E-state index contributed by atoms with van der Waals surface area (Å²) in [6, 6.07) is 4.56. The molecule has 3 heterocycles. The highest BCUT2D eigenvalue weighted by molar-refractivity contribution is 6.33. The molecule has 0 spiro atoms. The number of anilines is 1. The molecule has 154 valence electrons. The molecule has 1 aromatic carbocycles. The van der Waals surface area contributed by atoms with Crippen molar-refractivity contribution in [3.8, 4) is 5.75 Å².